The summed E-state index contributed by atoms with van der Waals surface area (Å²) >= 11 is 1.59. The SMILES string of the molecule is CC(C)c1nc(CC(=O)N2CCCN(Cc3ccc(C(F)(F)F)cc3)CC2)cs1. The molecule has 1 aromatic heterocycles. The Bertz CT molecular complexity index is 817. The van der Waals surface area contributed by atoms with E-state index >= 15 is 0 Å². The van der Waals surface area contributed by atoms with Crippen LogP contribution in [0.25, 0.3) is 0 Å². The van der Waals surface area contributed by atoms with E-state index < -0.39 is 11.7 Å². The summed E-state index contributed by atoms with van der Waals surface area (Å²) < 4.78 is 38.1. The van der Waals surface area contributed by atoms with Crippen LogP contribution in [0.1, 0.15) is 48.0 Å². The van der Waals surface area contributed by atoms with Crippen molar-refractivity contribution in [2.45, 2.75) is 45.3 Å². The van der Waals surface area contributed by atoms with Crippen molar-refractivity contribution >= 4 is 17.2 Å². The predicted octanol–water partition coefficient (Wildman–Crippen LogP) is 4.56. The lowest BCUT2D eigenvalue weighted by Crippen LogP contribution is -2.36. The van der Waals surface area contributed by atoms with Gasteiger partial charge in [-0.25, -0.2) is 4.98 Å². The molecule has 0 radical (unpaired) electrons. The molecule has 1 aliphatic heterocycles. The number of rotatable bonds is 5. The largest absolute Gasteiger partial charge is 0.416 e. The molecular weight excluding hydrogens is 399 g/mol. The zero-order chi connectivity index (χ0) is 21.0. The first-order chi connectivity index (χ1) is 13.7. The quantitative estimate of drug-likeness (QED) is 0.705. The van der Waals surface area contributed by atoms with Crippen LogP contribution >= 0.6 is 11.3 Å². The standard InChI is InChI=1S/C21H26F3N3OS/c1-15(2)20-25-18(14-29-20)12-19(28)27-9-3-8-26(10-11-27)13-16-4-6-17(7-5-16)21(22,23)24/h4-7,14-15H,3,8-13H2,1-2H3. The van der Waals surface area contributed by atoms with Crippen LogP contribution in [0.3, 0.4) is 0 Å². The minimum Gasteiger partial charge on any atom is -0.341 e. The van der Waals surface area contributed by atoms with Gasteiger partial charge in [-0.15, -0.1) is 11.3 Å². The Labute approximate surface area is 173 Å². The fourth-order valence-corrected chi connectivity index (χ4v) is 4.21. The Morgan fingerprint density at radius 3 is 2.48 bits per heavy atom. The third-order valence-corrected chi connectivity index (χ3v) is 6.22. The predicted molar refractivity (Wildman–Crippen MR) is 108 cm³/mol. The molecule has 0 spiro atoms. The third kappa shape index (κ3) is 6.02. The number of carbonyl (C=O) groups is 1. The summed E-state index contributed by atoms with van der Waals surface area (Å²) in [4.78, 5) is 21.3. The highest BCUT2D eigenvalue weighted by Gasteiger charge is 2.30. The summed E-state index contributed by atoms with van der Waals surface area (Å²) in [6.45, 7) is 7.61. The Balaban J connectivity index is 1.52. The number of amides is 1. The topological polar surface area (TPSA) is 36.4 Å². The Kier molecular flexibility index (Phi) is 6.95. The highest BCUT2D eigenvalue weighted by atomic mass is 32.1. The van der Waals surface area contributed by atoms with E-state index in [2.05, 4.69) is 23.7 Å². The number of thiazole rings is 1. The molecule has 1 saturated heterocycles. The summed E-state index contributed by atoms with van der Waals surface area (Å²) in [7, 11) is 0. The van der Waals surface area contributed by atoms with Gasteiger partial charge in [0.25, 0.3) is 0 Å². The molecule has 0 N–H and O–H groups in total. The van der Waals surface area contributed by atoms with Gasteiger partial charge in [0.15, 0.2) is 0 Å². The first-order valence-electron chi connectivity index (χ1n) is 9.83. The molecule has 2 heterocycles. The lowest BCUT2D eigenvalue weighted by atomic mass is 10.1. The van der Waals surface area contributed by atoms with Crippen molar-refractivity contribution in [1.29, 1.82) is 0 Å². The Morgan fingerprint density at radius 2 is 1.86 bits per heavy atom. The highest BCUT2D eigenvalue weighted by molar-refractivity contribution is 7.09. The van der Waals surface area contributed by atoms with Crippen molar-refractivity contribution < 1.29 is 18.0 Å². The maximum atomic E-state index is 12.7. The molecule has 0 bridgehead atoms. The molecule has 1 fully saturated rings. The second-order valence-corrected chi connectivity index (χ2v) is 8.60. The lowest BCUT2D eigenvalue weighted by Gasteiger charge is -2.22. The highest BCUT2D eigenvalue weighted by Crippen LogP contribution is 2.29. The van der Waals surface area contributed by atoms with Crippen molar-refractivity contribution in [1.82, 2.24) is 14.8 Å². The molecule has 0 unspecified atom stereocenters. The molecule has 8 heteroatoms. The minimum absolute atomic E-state index is 0.0852. The van der Waals surface area contributed by atoms with Crippen LogP contribution < -0.4 is 0 Å². The molecule has 3 rings (SSSR count). The van der Waals surface area contributed by atoms with Gasteiger partial charge in [0.05, 0.1) is 22.7 Å². The molecule has 1 aromatic carbocycles. The number of halogens is 3. The molecule has 0 saturated carbocycles. The van der Waals surface area contributed by atoms with Gasteiger partial charge >= 0.3 is 6.18 Å². The first-order valence-corrected chi connectivity index (χ1v) is 10.7. The van der Waals surface area contributed by atoms with Crippen molar-refractivity contribution in [2.24, 2.45) is 0 Å². The molecule has 4 nitrogen and oxygen atoms in total. The zero-order valence-electron chi connectivity index (χ0n) is 16.7. The average Bonchev–Trinajstić information content (AvgIpc) is 3.00. The van der Waals surface area contributed by atoms with Crippen molar-refractivity contribution in [3.05, 3.63) is 51.5 Å². The zero-order valence-corrected chi connectivity index (χ0v) is 17.5. The summed E-state index contributed by atoms with van der Waals surface area (Å²) in [6.07, 6.45) is -3.14. The van der Waals surface area contributed by atoms with E-state index in [0.29, 0.717) is 38.5 Å². The first kappa shape index (κ1) is 21.8. The monoisotopic (exact) mass is 425 g/mol. The lowest BCUT2D eigenvalue weighted by molar-refractivity contribution is -0.137. The fourth-order valence-electron chi connectivity index (χ4n) is 3.37. The molecule has 29 heavy (non-hydrogen) atoms. The molecular formula is C21H26F3N3OS. The van der Waals surface area contributed by atoms with E-state index in [0.717, 1.165) is 41.4 Å². The molecule has 1 aliphatic rings. The van der Waals surface area contributed by atoms with Gasteiger partial charge in [0.2, 0.25) is 5.91 Å². The second-order valence-electron chi connectivity index (χ2n) is 7.71. The maximum Gasteiger partial charge on any atom is 0.416 e. The van der Waals surface area contributed by atoms with Crippen LogP contribution in [-0.2, 0) is 23.9 Å². The number of aromatic nitrogens is 1. The van der Waals surface area contributed by atoms with E-state index in [9.17, 15) is 18.0 Å². The van der Waals surface area contributed by atoms with Gasteiger partial charge in [0.1, 0.15) is 0 Å². The van der Waals surface area contributed by atoms with Gasteiger partial charge < -0.3 is 4.90 Å². The molecule has 158 valence electrons. The van der Waals surface area contributed by atoms with Crippen molar-refractivity contribution in [2.75, 3.05) is 26.2 Å². The number of alkyl halides is 3. The summed E-state index contributed by atoms with van der Waals surface area (Å²) in [5.41, 5.74) is 1.05. The van der Waals surface area contributed by atoms with E-state index in [1.54, 1.807) is 11.3 Å². The van der Waals surface area contributed by atoms with Crippen LogP contribution in [0.4, 0.5) is 13.2 Å². The van der Waals surface area contributed by atoms with Crippen LogP contribution in [0.5, 0.6) is 0 Å². The molecule has 1 amide bonds. The maximum absolute atomic E-state index is 12.7. The van der Waals surface area contributed by atoms with Crippen LogP contribution in [0.2, 0.25) is 0 Å². The minimum atomic E-state index is -4.31. The van der Waals surface area contributed by atoms with Gasteiger partial charge in [-0.2, -0.15) is 13.2 Å². The van der Waals surface area contributed by atoms with E-state index in [4.69, 9.17) is 0 Å². The van der Waals surface area contributed by atoms with Gasteiger partial charge in [-0.05, 0) is 24.1 Å². The number of hydrogen-bond acceptors (Lipinski definition) is 4. The van der Waals surface area contributed by atoms with Crippen LogP contribution in [-0.4, -0.2) is 46.9 Å². The average molecular weight is 426 g/mol. The van der Waals surface area contributed by atoms with Crippen LogP contribution in [0.15, 0.2) is 29.6 Å². The van der Waals surface area contributed by atoms with Gasteiger partial charge in [-0.3, -0.25) is 9.69 Å². The van der Waals surface area contributed by atoms with Crippen molar-refractivity contribution in [3.63, 3.8) is 0 Å². The number of nitrogens with zero attached hydrogens (tertiary/aromatic N) is 3. The number of benzene rings is 1. The molecule has 0 aliphatic carbocycles. The smallest absolute Gasteiger partial charge is 0.341 e. The molecule has 0 atom stereocenters. The van der Waals surface area contributed by atoms with Crippen LogP contribution in [0, 0.1) is 0 Å². The number of carbonyl (C=O) groups excluding carboxylic acids is 1. The van der Waals surface area contributed by atoms with E-state index in [1.807, 2.05) is 10.3 Å². The fraction of sp³-hybridized carbons (Fsp3) is 0.524. The Hall–Kier alpha value is -1.93. The number of hydrogen-bond donors (Lipinski definition) is 0. The normalized spacial score (nSPS) is 16.3. The van der Waals surface area contributed by atoms with E-state index in [1.165, 1.54) is 12.1 Å². The van der Waals surface area contributed by atoms with Gasteiger partial charge in [-0.1, -0.05) is 26.0 Å². The van der Waals surface area contributed by atoms with E-state index in [-0.39, 0.29) is 5.91 Å². The summed E-state index contributed by atoms with van der Waals surface area (Å²) in [5.74, 6) is 0.447. The van der Waals surface area contributed by atoms with Crippen molar-refractivity contribution in [3.8, 4) is 0 Å². The second kappa shape index (κ2) is 9.26. The summed E-state index contributed by atoms with van der Waals surface area (Å²) in [6, 6.07) is 5.32. The van der Waals surface area contributed by atoms with Gasteiger partial charge in [0, 0.05) is 44.0 Å². The third-order valence-electron chi connectivity index (χ3n) is 5.02. The Morgan fingerprint density at radius 1 is 1.14 bits per heavy atom. The summed E-state index contributed by atoms with van der Waals surface area (Å²) in [5, 5.41) is 3.01. The molecule has 2 aromatic rings.